The number of carbonyl (C=O) groups is 2. The monoisotopic (exact) mass is 375 g/mol. The van der Waals surface area contributed by atoms with Crippen LogP contribution in [0.5, 0.6) is 0 Å². The molecule has 2 fully saturated rings. The second-order valence-corrected chi connectivity index (χ2v) is 7.61. The molecule has 0 bridgehead atoms. The van der Waals surface area contributed by atoms with Gasteiger partial charge in [0.25, 0.3) is 0 Å². The third kappa shape index (κ3) is 5.47. The minimum atomic E-state index is -0.857. The van der Waals surface area contributed by atoms with Crippen LogP contribution in [0.25, 0.3) is 0 Å². The van der Waals surface area contributed by atoms with Crippen molar-refractivity contribution in [2.24, 2.45) is 0 Å². The van der Waals surface area contributed by atoms with Gasteiger partial charge in [0, 0.05) is 45.5 Å². The van der Waals surface area contributed by atoms with Gasteiger partial charge < -0.3 is 20.6 Å². The summed E-state index contributed by atoms with van der Waals surface area (Å²) < 4.78 is 0. The van der Waals surface area contributed by atoms with Crippen LogP contribution in [0.3, 0.4) is 0 Å². The minimum Gasteiger partial charge on any atom is -0.388 e. The van der Waals surface area contributed by atoms with Gasteiger partial charge in [-0.3, -0.25) is 19.5 Å². The van der Waals surface area contributed by atoms with E-state index in [1.165, 1.54) is 0 Å². The van der Waals surface area contributed by atoms with E-state index in [9.17, 15) is 14.7 Å². The van der Waals surface area contributed by atoms with Gasteiger partial charge in [0.2, 0.25) is 11.8 Å². The Kier molecular flexibility index (Phi) is 6.41. The third-order valence-electron chi connectivity index (χ3n) is 5.44. The molecule has 3 heterocycles. The van der Waals surface area contributed by atoms with Gasteiger partial charge in [-0.25, -0.2) is 0 Å². The van der Waals surface area contributed by atoms with Crippen LogP contribution >= 0.6 is 0 Å². The highest BCUT2D eigenvalue weighted by atomic mass is 16.3. The van der Waals surface area contributed by atoms with E-state index in [-0.39, 0.29) is 24.8 Å². The van der Waals surface area contributed by atoms with Gasteiger partial charge in [-0.1, -0.05) is 6.07 Å². The number of nitrogens with zero attached hydrogens (tertiary/aromatic N) is 3. The van der Waals surface area contributed by atoms with Crippen LogP contribution in [0.2, 0.25) is 0 Å². The lowest BCUT2D eigenvalue weighted by Crippen LogP contribution is -2.56. The van der Waals surface area contributed by atoms with Gasteiger partial charge in [-0.2, -0.15) is 0 Å². The molecule has 2 saturated heterocycles. The zero-order valence-corrected chi connectivity index (χ0v) is 15.9. The summed E-state index contributed by atoms with van der Waals surface area (Å²) in [6.45, 7) is 3.63. The summed E-state index contributed by atoms with van der Waals surface area (Å²) in [5.41, 5.74) is 0.0169. The number of carbonyl (C=O) groups excluding carboxylic acids is 2. The predicted octanol–water partition coefficient (Wildman–Crippen LogP) is -0.655. The Morgan fingerprint density at radius 1 is 1.37 bits per heavy atom. The highest BCUT2D eigenvalue weighted by Crippen LogP contribution is 2.20. The Morgan fingerprint density at radius 2 is 2.15 bits per heavy atom. The number of aromatic nitrogens is 1. The van der Waals surface area contributed by atoms with Crippen LogP contribution in [-0.4, -0.2) is 83.1 Å². The minimum absolute atomic E-state index is 0.0780. The van der Waals surface area contributed by atoms with Crippen LogP contribution in [0.1, 0.15) is 25.0 Å². The molecule has 2 amide bonds. The van der Waals surface area contributed by atoms with Crippen molar-refractivity contribution in [1.82, 2.24) is 25.4 Å². The summed E-state index contributed by atoms with van der Waals surface area (Å²) in [5.74, 6) is -0.347. The number of piperidine rings is 1. The van der Waals surface area contributed by atoms with E-state index in [1.54, 1.807) is 6.20 Å². The van der Waals surface area contributed by atoms with Crippen LogP contribution in [0, 0.1) is 0 Å². The zero-order chi connectivity index (χ0) is 19.3. The highest BCUT2D eigenvalue weighted by molar-refractivity contribution is 5.88. The summed E-state index contributed by atoms with van der Waals surface area (Å²) in [7, 11) is 2.02. The summed E-state index contributed by atoms with van der Waals surface area (Å²) >= 11 is 0. The van der Waals surface area contributed by atoms with Crippen LogP contribution in [0.4, 0.5) is 0 Å². The third-order valence-corrected chi connectivity index (χ3v) is 5.44. The van der Waals surface area contributed by atoms with Crippen LogP contribution < -0.4 is 10.6 Å². The number of amides is 2. The van der Waals surface area contributed by atoms with Crippen molar-refractivity contribution in [2.45, 2.75) is 37.5 Å². The van der Waals surface area contributed by atoms with E-state index in [2.05, 4.69) is 20.5 Å². The number of pyridine rings is 1. The van der Waals surface area contributed by atoms with Crippen molar-refractivity contribution >= 4 is 11.8 Å². The molecule has 2 aliphatic rings. The van der Waals surface area contributed by atoms with Crippen molar-refractivity contribution in [1.29, 1.82) is 0 Å². The Morgan fingerprint density at radius 3 is 2.85 bits per heavy atom. The number of hydrogen-bond acceptors (Lipinski definition) is 6. The van der Waals surface area contributed by atoms with Crippen molar-refractivity contribution in [3.05, 3.63) is 30.1 Å². The maximum Gasteiger partial charge on any atom is 0.237 e. The van der Waals surface area contributed by atoms with E-state index in [0.29, 0.717) is 32.5 Å². The first-order valence-corrected chi connectivity index (χ1v) is 9.54. The van der Waals surface area contributed by atoms with E-state index < -0.39 is 11.6 Å². The van der Waals surface area contributed by atoms with E-state index in [1.807, 2.05) is 30.1 Å². The molecule has 27 heavy (non-hydrogen) atoms. The second-order valence-electron chi connectivity index (χ2n) is 7.61. The molecule has 1 unspecified atom stereocenters. The molecule has 8 heteroatoms. The highest BCUT2D eigenvalue weighted by Gasteiger charge is 2.34. The van der Waals surface area contributed by atoms with Crippen molar-refractivity contribution in [2.75, 3.05) is 39.8 Å². The van der Waals surface area contributed by atoms with Gasteiger partial charge in [0.15, 0.2) is 0 Å². The maximum atomic E-state index is 12.4. The summed E-state index contributed by atoms with van der Waals surface area (Å²) in [6.07, 6.45) is 3.08. The van der Waals surface area contributed by atoms with Crippen molar-refractivity contribution in [3.63, 3.8) is 0 Å². The quantitative estimate of drug-likeness (QED) is 0.611. The molecule has 3 rings (SSSR count). The molecule has 0 aliphatic carbocycles. The molecule has 1 atom stereocenters. The van der Waals surface area contributed by atoms with Crippen molar-refractivity contribution < 1.29 is 14.7 Å². The molecule has 3 N–H and O–H groups in total. The number of aliphatic hydroxyl groups is 1. The van der Waals surface area contributed by atoms with Crippen LogP contribution in [-0.2, 0) is 16.1 Å². The number of piperazine rings is 1. The predicted molar refractivity (Wildman–Crippen MR) is 101 cm³/mol. The summed E-state index contributed by atoms with van der Waals surface area (Å²) in [5, 5.41) is 16.3. The summed E-state index contributed by atoms with van der Waals surface area (Å²) in [4.78, 5) is 33.2. The van der Waals surface area contributed by atoms with E-state index in [0.717, 1.165) is 18.8 Å². The largest absolute Gasteiger partial charge is 0.388 e. The SMILES string of the molecule is CN1CCC(O)(CNC(=O)CC2C(=O)NCCN2Cc2ccccn2)CC1. The summed E-state index contributed by atoms with van der Waals surface area (Å²) in [6, 6.07) is 5.16. The lowest BCUT2D eigenvalue weighted by molar-refractivity contribution is -0.134. The van der Waals surface area contributed by atoms with E-state index >= 15 is 0 Å². The van der Waals surface area contributed by atoms with Gasteiger partial charge in [-0.05, 0) is 32.0 Å². The average Bonchev–Trinajstić information content (AvgIpc) is 2.67. The molecule has 2 aliphatic heterocycles. The van der Waals surface area contributed by atoms with Crippen LogP contribution in [0.15, 0.2) is 24.4 Å². The van der Waals surface area contributed by atoms with Gasteiger partial charge >= 0.3 is 0 Å². The molecule has 0 saturated carbocycles. The van der Waals surface area contributed by atoms with Gasteiger partial charge in [0.05, 0.1) is 23.8 Å². The molecule has 8 nitrogen and oxygen atoms in total. The topological polar surface area (TPSA) is 97.8 Å². The standard InChI is InChI=1S/C19H29N5O3/c1-23-9-5-19(27,6-10-23)14-22-17(25)12-16-18(26)21-8-11-24(16)13-15-4-2-3-7-20-15/h2-4,7,16,27H,5-6,8-14H2,1H3,(H,21,26)(H,22,25). The molecule has 0 aromatic carbocycles. The molecular weight excluding hydrogens is 346 g/mol. The van der Waals surface area contributed by atoms with E-state index in [4.69, 9.17) is 0 Å². The first-order chi connectivity index (χ1) is 13.0. The first kappa shape index (κ1) is 19.7. The fourth-order valence-corrected chi connectivity index (χ4v) is 3.60. The molecule has 1 aromatic heterocycles. The zero-order valence-electron chi connectivity index (χ0n) is 15.9. The average molecular weight is 375 g/mol. The molecule has 148 valence electrons. The Labute approximate surface area is 159 Å². The van der Waals surface area contributed by atoms with Crippen molar-refractivity contribution in [3.8, 4) is 0 Å². The number of likely N-dealkylation sites (tertiary alicyclic amines) is 1. The molecule has 0 spiro atoms. The molecule has 0 radical (unpaired) electrons. The van der Waals surface area contributed by atoms with Gasteiger partial charge in [-0.15, -0.1) is 0 Å². The number of hydrogen-bond donors (Lipinski definition) is 3. The Hall–Kier alpha value is -2.03. The smallest absolute Gasteiger partial charge is 0.237 e. The Balaban J connectivity index is 1.54. The van der Waals surface area contributed by atoms with Gasteiger partial charge in [0.1, 0.15) is 0 Å². The lowest BCUT2D eigenvalue weighted by atomic mass is 9.91. The molecular formula is C19H29N5O3. The fraction of sp³-hybridized carbons (Fsp3) is 0.632. The maximum absolute atomic E-state index is 12.4. The second kappa shape index (κ2) is 8.77. The fourth-order valence-electron chi connectivity index (χ4n) is 3.60. The Bertz CT molecular complexity index is 646. The molecule has 1 aromatic rings. The number of rotatable bonds is 6. The lowest BCUT2D eigenvalue weighted by Gasteiger charge is -2.37. The number of nitrogens with one attached hydrogen (secondary N) is 2. The normalized spacial score (nSPS) is 23.6. The first-order valence-electron chi connectivity index (χ1n) is 9.54.